The van der Waals surface area contributed by atoms with Gasteiger partial charge in [0.05, 0.1) is 16.5 Å². The molecule has 1 aromatic heterocycles. The SMILES string of the molecule is CC[C@@H]1c2ccsc2CCN1S(=O)(=O)c1ccccc1C#N. The van der Waals surface area contributed by atoms with Gasteiger partial charge in [-0.1, -0.05) is 19.1 Å². The number of rotatable bonds is 3. The molecule has 22 heavy (non-hydrogen) atoms. The fourth-order valence-corrected chi connectivity index (χ4v) is 5.75. The molecule has 0 spiro atoms. The molecular formula is C16H16N2O2S2. The number of thiophene rings is 1. The van der Waals surface area contributed by atoms with E-state index in [4.69, 9.17) is 0 Å². The van der Waals surface area contributed by atoms with Gasteiger partial charge in [-0.15, -0.1) is 11.3 Å². The molecule has 2 aromatic rings. The molecule has 6 heteroatoms. The molecule has 0 N–H and O–H groups in total. The first kappa shape index (κ1) is 15.2. The van der Waals surface area contributed by atoms with Crippen LogP contribution in [0, 0.1) is 11.3 Å². The summed E-state index contributed by atoms with van der Waals surface area (Å²) >= 11 is 1.69. The molecule has 114 valence electrons. The molecule has 0 saturated carbocycles. The Morgan fingerprint density at radius 3 is 2.86 bits per heavy atom. The van der Waals surface area contributed by atoms with E-state index in [1.54, 1.807) is 33.8 Å². The van der Waals surface area contributed by atoms with Crippen molar-refractivity contribution in [2.45, 2.75) is 30.7 Å². The average Bonchev–Trinajstić information content (AvgIpc) is 3.02. The van der Waals surface area contributed by atoms with Crippen LogP contribution in [0.3, 0.4) is 0 Å². The Balaban J connectivity index is 2.08. The van der Waals surface area contributed by atoms with Gasteiger partial charge >= 0.3 is 0 Å². The highest BCUT2D eigenvalue weighted by Crippen LogP contribution is 2.38. The number of hydrogen-bond acceptors (Lipinski definition) is 4. The van der Waals surface area contributed by atoms with Gasteiger partial charge in [0.1, 0.15) is 6.07 Å². The second-order valence-electron chi connectivity index (χ2n) is 5.20. The zero-order valence-corrected chi connectivity index (χ0v) is 13.8. The summed E-state index contributed by atoms with van der Waals surface area (Å²) in [6, 6.07) is 10.3. The third-order valence-corrected chi connectivity index (χ3v) is 6.99. The Morgan fingerprint density at radius 1 is 1.36 bits per heavy atom. The van der Waals surface area contributed by atoms with Crippen LogP contribution in [0.2, 0.25) is 0 Å². The molecule has 1 aromatic carbocycles. The predicted molar refractivity (Wildman–Crippen MR) is 86.1 cm³/mol. The first-order chi connectivity index (χ1) is 10.6. The molecule has 2 heterocycles. The summed E-state index contributed by atoms with van der Waals surface area (Å²) in [4.78, 5) is 1.38. The zero-order valence-electron chi connectivity index (χ0n) is 12.2. The lowest BCUT2D eigenvalue weighted by Gasteiger charge is -2.34. The van der Waals surface area contributed by atoms with Crippen LogP contribution in [0.5, 0.6) is 0 Å². The van der Waals surface area contributed by atoms with Crippen LogP contribution in [-0.4, -0.2) is 19.3 Å². The molecule has 0 aliphatic carbocycles. The predicted octanol–water partition coefficient (Wildman–Crippen LogP) is 3.32. The van der Waals surface area contributed by atoms with Crippen LogP contribution in [0.1, 0.15) is 35.4 Å². The van der Waals surface area contributed by atoms with Gasteiger partial charge in [0, 0.05) is 11.4 Å². The summed E-state index contributed by atoms with van der Waals surface area (Å²) in [5.74, 6) is 0. The van der Waals surface area contributed by atoms with E-state index in [1.807, 2.05) is 24.4 Å². The molecule has 0 saturated heterocycles. The van der Waals surface area contributed by atoms with Gasteiger partial charge in [0.2, 0.25) is 10.0 Å². The summed E-state index contributed by atoms with van der Waals surface area (Å²) in [6.07, 6.45) is 1.45. The molecule has 0 amide bonds. The second-order valence-corrected chi connectivity index (χ2v) is 8.06. The largest absolute Gasteiger partial charge is 0.244 e. The molecule has 0 radical (unpaired) electrons. The van der Waals surface area contributed by atoms with Crippen LogP contribution >= 0.6 is 11.3 Å². The molecule has 1 aliphatic rings. The van der Waals surface area contributed by atoms with Gasteiger partial charge in [-0.2, -0.15) is 9.57 Å². The van der Waals surface area contributed by atoms with Crippen molar-refractivity contribution in [2.24, 2.45) is 0 Å². The van der Waals surface area contributed by atoms with E-state index in [0.717, 1.165) is 18.4 Å². The van der Waals surface area contributed by atoms with Crippen LogP contribution in [0.25, 0.3) is 0 Å². The minimum atomic E-state index is -3.67. The van der Waals surface area contributed by atoms with Crippen LogP contribution < -0.4 is 0 Å². The third-order valence-electron chi connectivity index (χ3n) is 4.03. The van der Waals surface area contributed by atoms with Crippen LogP contribution in [-0.2, 0) is 16.4 Å². The van der Waals surface area contributed by atoms with Gasteiger partial charge in [0.15, 0.2) is 0 Å². The van der Waals surface area contributed by atoms with E-state index < -0.39 is 10.0 Å². The minimum absolute atomic E-state index is 0.106. The maximum atomic E-state index is 13.0. The summed E-state index contributed by atoms with van der Waals surface area (Å²) in [6.45, 7) is 2.46. The monoisotopic (exact) mass is 332 g/mol. The summed E-state index contributed by atoms with van der Waals surface area (Å²) < 4.78 is 27.6. The first-order valence-electron chi connectivity index (χ1n) is 7.16. The van der Waals surface area contributed by atoms with E-state index in [2.05, 4.69) is 0 Å². The van der Waals surface area contributed by atoms with E-state index in [9.17, 15) is 13.7 Å². The average molecular weight is 332 g/mol. The quantitative estimate of drug-likeness (QED) is 0.866. The Labute approximate surface area is 134 Å². The highest BCUT2D eigenvalue weighted by molar-refractivity contribution is 7.89. The lowest BCUT2D eigenvalue weighted by atomic mass is 10.0. The smallest absolute Gasteiger partial charge is 0.207 e. The van der Waals surface area contributed by atoms with Gasteiger partial charge in [-0.05, 0) is 42.0 Å². The number of benzene rings is 1. The first-order valence-corrected chi connectivity index (χ1v) is 9.48. The Hall–Kier alpha value is -1.68. The molecule has 0 unspecified atom stereocenters. The van der Waals surface area contributed by atoms with E-state index in [0.29, 0.717) is 6.54 Å². The van der Waals surface area contributed by atoms with E-state index >= 15 is 0 Å². The van der Waals surface area contributed by atoms with E-state index in [1.165, 1.54) is 10.9 Å². The van der Waals surface area contributed by atoms with Crippen molar-refractivity contribution < 1.29 is 8.42 Å². The number of nitrogens with zero attached hydrogens (tertiary/aromatic N) is 2. The normalized spacial score (nSPS) is 18.6. The summed E-state index contributed by atoms with van der Waals surface area (Å²) in [5.41, 5.74) is 1.31. The molecule has 0 fully saturated rings. The van der Waals surface area contributed by atoms with Crippen molar-refractivity contribution >= 4 is 21.4 Å². The van der Waals surface area contributed by atoms with Crippen molar-refractivity contribution in [2.75, 3.05) is 6.54 Å². The van der Waals surface area contributed by atoms with Crippen molar-refractivity contribution in [3.63, 3.8) is 0 Å². The van der Waals surface area contributed by atoms with Crippen molar-refractivity contribution in [1.82, 2.24) is 4.31 Å². The molecule has 1 aliphatic heterocycles. The minimum Gasteiger partial charge on any atom is -0.207 e. The lowest BCUT2D eigenvalue weighted by molar-refractivity contribution is 0.303. The molecule has 4 nitrogen and oxygen atoms in total. The maximum Gasteiger partial charge on any atom is 0.244 e. The maximum absolute atomic E-state index is 13.0. The van der Waals surface area contributed by atoms with Crippen LogP contribution in [0.4, 0.5) is 0 Å². The zero-order chi connectivity index (χ0) is 15.7. The van der Waals surface area contributed by atoms with Gasteiger partial charge < -0.3 is 0 Å². The standard InChI is InChI=1S/C16H16N2O2S2/c1-2-14-13-8-10-21-15(13)7-9-18(14)22(19,20)16-6-4-3-5-12(16)11-17/h3-6,8,10,14H,2,7,9H2,1H3/t14-/m1/s1. The fraction of sp³-hybridized carbons (Fsp3) is 0.312. The number of sulfonamides is 1. The second kappa shape index (κ2) is 5.84. The molecule has 3 rings (SSSR count). The van der Waals surface area contributed by atoms with Crippen molar-refractivity contribution in [3.05, 3.63) is 51.7 Å². The molecular weight excluding hydrogens is 316 g/mol. The Bertz CT molecular complexity index is 834. The summed E-state index contributed by atoms with van der Waals surface area (Å²) in [7, 11) is -3.67. The molecule has 0 bridgehead atoms. The third kappa shape index (κ3) is 2.35. The molecule has 1 atom stereocenters. The number of hydrogen-bond donors (Lipinski definition) is 0. The van der Waals surface area contributed by atoms with Crippen molar-refractivity contribution in [3.8, 4) is 6.07 Å². The topological polar surface area (TPSA) is 61.2 Å². The van der Waals surface area contributed by atoms with Gasteiger partial charge in [-0.3, -0.25) is 0 Å². The van der Waals surface area contributed by atoms with Gasteiger partial charge in [-0.25, -0.2) is 8.42 Å². The number of fused-ring (bicyclic) bond motifs is 1. The number of nitriles is 1. The van der Waals surface area contributed by atoms with Crippen LogP contribution in [0.15, 0.2) is 40.6 Å². The van der Waals surface area contributed by atoms with E-state index in [-0.39, 0.29) is 16.5 Å². The van der Waals surface area contributed by atoms with Gasteiger partial charge in [0.25, 0.3) is 0 Å². The summed E-state index contributed by atoms with van der Waals surface area (Å²) in [5, 5.41) is 11.2. The Morgan fingerprint density at radius 2 is 2.14 bits per heavy atom. The fourth-order valence-electron chi connectivity index (χ4n) is 2.99. The van der Waals surface area contributed by atoms with Crippen molar-refractivity contribution in [1.29, 1.82) is 5.26 Å². The highest BCUT2D eigenvalue weighted by atomic mass is 32.2. The Kier molecular flexibility index (Phi) is 4.04. The lowest BCUT2D eigenvalue weighted by Crippen LogP contribution is -2.39. The highest BCUT2D eigenvalue weighted by Gasteiger charge is 2.36.